The molecule has 6 nitrogen and oxygen atoms in total. The maximum absolute atomic E-state index is 14.3. The molecule has 0 aromatic heterocycles. The third-order valence-electron chi connectivity index (χ3n) is 7.08. The highest BCUT2D eigenvalue weighted by atomic mass is 32.2. The van der Waals surface area contributed by atoms with Crippen LogP contribution in [0, 0.1) is 5.82 Å². The smallest absolute Gasteiger partial charge is 0.416 e. The molecular weight excluding hydrogens is 579 g/mol. The molecule has 1 atom stereocenters. The molecule has 2 aliphatic rings. The summed E-state index contributed by atoms with van der Waals surface area (Å²) >= 11 is 0. The third-order valence-corrected chi connectivity index (χ3v) is 8.85. The zero-order valence-electron chi connectivity index (χ0n) is 21.3. The van der Waals surface area contributed by atoms with E-state index in [-0.39, 0.29) is 29.9 Å². The van der Waals surface area contributed by atoms with Crippen LogP contribution in [0.25, 0.3) is 11.1 Å². The molecule has 3 aromatic rings. The van der Waals surface area contributed by atoms with Crippen LogP contribution in [0.3, 0.4) is 0 Å². The van der Waals surface area contributed by atoms with Gasteiger partial charge in [0.05, 0.1) is 34.4 Å². The second kappa shape index (κ2) is 11.0. The van der Waals surface area contributed by atoms with Crippen LogP contribution in [0.4, 0.5) is 42.1 Å². The molecule has 2 heterocycles. The minimum absolute atomic E-state index is 0.120. The van der Waals surface area contributed by atoms with Crippen LogP contribution in [0.1, 0.15) is 5.56 Å². The number of rotatable bonds is 7. The molecule has 0 N–H and O–H groups in total. The van der Waals surface area contributed by atoms with Crippen molar-refractivity contribution in [3.05, 3.63) is 72.0 Å². The molecule has 5 rings (SSSR count). The highest BCUT2D eigenvalue weighted by Gasteiger charge is 2.41. The Morgan fingerprint density at radius 1 is 0.927 bits per heavy atom. The Labute approximate surface area is 231 Å². The molecule has 1 saturated heterocycles. The van der Waals surface area contributed by atoms with Crippen molar-refractivity contribution in [2.45, 2.75) is 23.7 Å². The van der Waals surface area contributed by atoms with E-state index in [0.29, 0.717) is 31.4 Å². The summed E-state index contributed by atoms with van der Waals surface area (Å²) in [5, 5.41) is 0. The van der Waals surface area contributed by atoms with Gasteiger partial charge in [0.15, 0.2) is 0 Å². The molecule has 14 heteroatoms. The van der Waals surface area contributed by atoms with E-state index in [1.165, 1.54) is 12.1 Å². The van der Waals surface area contributed by atoms with Crippen LogP contribution in [0.2, 0.25) is 0 Å². The summed E-state index contributed by atoms with van der Waals surface area (Å²) in [6, 6.07) is 10.5. The van der Waals surface area contributed by atoms with Crippen molar-refractivity contribution < 1.29 is 43.9 Å². The van der Waals surface area contributed by atoms with Gasteiger partial charge in [-0.2, -0.15) is 22.0 Å². The number of nitrogens with zero attached hydrogens (tertiary/aromatic N) is 3. The number of sulfonamides is 1. The standard InChI is InChI=1S/C27H24F7N3O3S/c28-6-7-35-8-9-36-21(15-35)16-37(41(38,39)23-3-1-2-19(13-23)27(32,33)34)25-12-17(4-5-24(25)36)18-10-20(29)14-22(11-18)40-26(30)31/h1-5,10-14,21,26H,6-9,15-16H2. The molecule has 3 aromatic carbocycles. The minimum atomic E-state index is -4.78. The SMILES string of the molecule is O=S(=O)(c1cccc(C(F)(F)F)c1)N1CC2CN(CCF)CCN2c2ccc(-c3cc(F)cc(OC(F)F)c3)cc21. The second-order valence-electron chi connectivity index (χ2n) is 9.66. The molecule has 0 amide bonds. The first-order valence-corrected chi connectivity index (χ1v) is 14.0. The van der Waals surface area contributed by atoms with Crippen molar-refractivity contribution in [2.24, 2.45) is 0 Å². The number of hydrogen-bond acceptors (Lipinski definition) is 5. The predicted octanol–water partition coefficient (Wildman–Crippen LogP) is 5.78. The van der Waals surface area contributed by atoms with E-state index in [4.69, 9.17) is 0 Å². The Kier molecular flexibility index (Phi) is 7.81. The van der Waals surface area contributed by atoms with Gasteiger partial charge >= 0.3 is 12.8 Å². The lowest BCUT2D eigenvalue weighted by Gasteiger charge is -2.49. The van der Waals surface area contributed by atoms with E-state index in [1.54, 1.807) is 12.1 Å². The monoisotopic (exact) mass is 603 g/mol. The van der Waals surface area contributed by atoms with Gasteiger partial charge in [-0.05, 0) is 53.6 Å². The average Bonchev–Trinajstić information content (AvgIpc) is 2.91. The van der Waals surface area contributed by atoms with Gasteiger partial charge in [0.1, 0.15) is 18.2 Å². The minimum Gasteiger partial charge on any atom is -0.435 e. The molecule has 0 aliphatic carbocycles. The fourth-order valence-corrected chi connectivity index (χ4v) is 6.79. The van der Waals surface area contributed by atoms with E-state index in [0.717, 1.165) is 34.6 Å². The van der Waals surface area contributed by atoms with Crippen LogP contribution in [0.5, 0.6) is 5.75 Å². The lowest BCUT2D eigenvalue weighted by Crippen LogP contribution is -2.60. The number of ether oxygens (including phenoxy) is 1. The van der Waals surface area contributed by atoms with Gasteiger partial charge in [-0.3, -0.25) is 9.21 Å². The van der Waals surface area contributed by atoms with Crippen LogP contribution in [-0.4, -0.2) is 65.4 Å². The van der Waals surface area contributed by atoms with Crippen LogP contribution in [-0.2, 0) is 16.2 Å². The van der Waals surface area contributed by atoms with E-state index in [2.05, 4.69) is 4.74 Å². The number of halogens is 7. The van der Waals surface area contributed by atoms with Crippen molar-refractivity contribution in [3.8, 4) is 16.9 Å². The van der Waals surface area contributed by atoms with Gasteiger partial charge in [-0.1, -0.05) is 12.1 Å². The zero-order chi connectivity index (χ0) is 29.5. The Bertz CT molecular complexity index is 1530. The molecule has 220 valence electrons. The molecule has 2 aliphatic heterocycles. The lowest BCUT2D eigenvalue weighted by molar-refractivity contribution is -0.137. The molecular formula is C27H24F7N3O3S. The summed E-state index contributed by atoms with van der Waals surface area (Å²) < 4.78 is 126. The summed E-state index contributed by atoms with van der Waals surface area (Å²) in [5.74, 6) is -1.31. The van der Waals surface area contributed by atoms with Crippen LogP contribution in [0.15, 0.2) is 65.6 Å². The van der Waals surface area contributed by atoms with Gasteiger partial charge in [0.25, 0.3) is 10.0 Å². The number of benzene rings is 3. The third kappa shape index (κ3) is 5.94. The number of hydrogen-bond donors (Lipinski definition) is 0. The van der Waals surface area contributed by atoms with Crippen molar-refractivity contribution in [1.82, 2.24) is 4.90 Å². The van der Waals surface area contributed by atoms with Gasteiger partial charge < -0.3 is 9.64 Å². The Morgan fingerprint density at radius 3 is 2.41 bits per heavy atom. The summed E-state index contributed by atoms with van der Waals surface area (Å²) in [6.07, 6.45) is -4.78. The maximum atomic E-state index is 14.3. The first-order valence-electron chi connectivity index (χ1n) is 12.5. The Hall–Kier alpha value is -3.52. The summed E-state index contributed by atoms with van der Waals surface area (Å²) in [7, 11) is -4.55. The lowest BCUT2D eigenvalue weighted by atomic mass is 10.00. The van der Waals surface area contributed by atoms with Gasteiger partial charge in [0, 0.05) is 32.2 Å². The van der Waals surface area contributed by atoms with E-state index < -0.39 is 57.6 Å². The molecule has 0 radical (unpaired) electrons. The van der Waals surface area contributed by atoms with Crippen molar-refractivity contribution in [2.75, 3.05) is 48.6 Å². The summed E-state index contributed by atoms with van der Waals surface area (Å²) in [4.78, 5) is 3.21. The average molecular weight is 604 g/mol. The molecule has 1 unspecified atom stereocenters. The fourth-order valence-electron chi connectivity index (χ4n) is 5.24. The number of anilines is 2. The molecule has 41 heavy (non-hydrogen) atoms. The Morgan fingerprint density at radius 2 is 1.71 bits per heavy atom. The number of alkyl halides is 6. The van der Waals surface area contributed by atoms with Gasteiger partial charge in [0.2, 0.25) is 0 Å². The van der Waals surface area contributed by atoms with E-state index in [9.17, 15) is 39.2 Å². The molecule has 0 spiro atoms. The van der Waals surface area contributed by atoms with Gasteiger partial charge in [-0.15, -0.1) is 0 Å². The summed E-state index contributed by atoms with van der Waals surface area (Å²) in [6.45, 7) is -2.54. The molecule has 0 bridgehead atoms. The zero-order valence-corrected chi connectivity index (χ0v) is 22.1. The summed E-state index contributed by atoms with van der Waals surface area (Å²) in [5.41, 5.74) is -0.170. The highest BCUT2D eigenvalue weighted by molar-refractivity contribution is 7.92. The van der Waals surface area contributed by atoms with Crippen molar-refractivity contribution >= 4 is 21.4 Å². The molecule has 0 saturated carbocycles. The first-order chi connectivity index (χ1) is 19.4. The largest absolute Gasteiger partial charge is 0.435 e. The maximum Gasteiger partial charge on any atom is 0.416 e. The number of piperazine rings is 1. The second-order valence-corrected chi connectivity index (χ2v) is 11.5. The fraction of sp³-hybridized carbons (Fsp3) is 0.333. The van der Waals surface area contributed by atoms with Crippen LogP contribution >= 0.6 is 0 Å². The normalized spacial score (nSPS) is 17.9. The predicted molar refractivity (Wildman–Crippen MR) is 138 cm³/mol. The first kappa shape index (κ1) is 29.0. The topological polar surface area (TPSA) is 53.1 Å². The highest BCUT2D eigenvalue weighted by Crippen LogP contribution is 2.43. The number of fused-ring (bicyclic) bond motifs is 3. The molecule has 1 fully saturated rings. The van der Waals surface area contributed by atoms with Crippen LogP contribution < -0.4 is 13.9 Å². The van der Waals surface area contributed by atoms with Crippen molar-refractivity contribution in [1.29, 1.82) is 0 Å². The van der Waals surface area contributed by atoms with Gasteiger partial charge in [-0.25, -0.2) is 17.2 Å². The Balaban J connectivity index is 1.62. The van der Waals surface area contributed by atoms with Crippen molar-refractivity contribution in [3.63, 3.8) is 0 Å². The van der Waals surface area contributed by atoms with E-state index >= 15 is 0 Å². The quantitative estimate of drug-likeness (QED) is 0.321. The van der Waals surface area contributed by atoms with E-state index in [1.807, 2.05) is 9.80 Å².